The number of aliphatic hydroxyl groups is 1. The Bertz CT molecular complexity index is 366. The number of aliphatic hydroxyl groups excluding tert-OH is 1. The van der Waals surface area contributed by atoms with Crippen molar-refractivity contribution in [3.05, 3.63) is 29.8 Å². The van der Waals surface area contributed by atoms with Gasteiger partial charge in [-0.2, -0.15) is 4.39 Å². The molecule has 1 atom stereocenters. The third-order valence-electron chi connectivity index (χ3n) is 2.42. The monoisotopic (exact) mass is 210 g/mol. The Kier molecular flexibility index (Phi) is 2.64. The molecule has 5 heteroatoms. The van der Waals surface area contributed by atoms with Gasteiger partial charge >= 0.3 is 0 Å². The standard InChI is InChI=1S/C10H11FN2O2/c11-9-2-1-7(5-12-9)10(15)13-4-3-8(14)6-13/h1-2,5,8,14H,3-4,6H2. The number of β-amino-alcohol motifs (C(OH)–C–C–N with tert-alkyl or cyclic N) is 1. The van der Waals surface area contributed by atoms with E-state index in [1.807, 2.05) is 0 Å². The SMILES string of the molecule is O=C(c1ccc(F)nc1)N1CCC(O)C1. The van der Waals surface area contributed by atoms with Crippen molar-refractivity contribution in [2.45, 2.75) is 12.5 Å². The van der Waals surface area contributed by atoms with Crippen molar-refractivity contribution in [3.8, 4) is 0 Å². The van der Waals surface area contributed by atoms with Crippen LogP contribution in [0.25, 0.3) is 0 Å². The molecule has 1 fully saturated rings. The molecule has 0 aliphatic carbocycles. The maximum Gasteiger partial charge on any atom is 0.255 e. The quantitative estimate of drug-likeness (QED) is 0.684. The van der Waals surface area contributed by atoms with Crippen LogP contribution in [0.4, 0.5) is 4.39 Å². The summed E-state index contributed by atoms with van der Waals surface area (Å²) in [4.78, 5) is 16.7. The summed E-state index contributed by atoms with van der Waals surface area (Å²) in [6.45, 7) is 0.883. The second-order valence-electron chi connectivity index (χ2n) is 3.56. The van der Waals surface area contributed by atoms with Gasteiger partial charge in [0.15, 0.2) is 0 Å². The first-order valence-corrected chi connectivity index (χ1v) is 4.76. The van der Waals surface area contributed by atoms with Crippen LogP contribution in [0.1, 0.15) is 16.8 Å². The van der Waals surface area contributed by atoms with E-state index in [9.17, 15) is 14.3 Å². The van der Waals surface area contributed by atoms with Gasteiger partial charge in [0, 0.05) is 19.3 Å². The van der Waals surface area contributed by atoms with E-state index in [1.54, 1.807) is 4.90 Å². The van der Waals surface area contributed by atoms with E-state index in [1.165, 1.54) is 12.3 Å². The molecular weight excluding hydrogens is 199 g/mol. The molecule has 0 radical (unpaired) electrons. The van der Waals surface area contributed by atoms with Crippen LogP contribution < -0.4 is 0 Å². The summed E-state index contributed by atoms with van der Waals surface area (Å²) >= 11 is 0. The molecule has 0 saturated carbocycles. The van der Waals surface area contributed by atoms with E-state index in [0.29, 0.717) is 25.1 Å². The van der Waals surface area contributed by atoms with Crippen LogP contribution in [-0.2, 0) is 0 Å². The number of nitrogens with zero attached hydrogens (tertiary/aromatic N) is 2. The van der Waals surface area contributed by atoms with Crippen molar-refractivity contribution >= 4 is 5.91 Å². The van der Waals surface area contributed by atoms with Crippen molar-refractivity contribution in [1.82, 2.24) is 9.88 Å². The lowest BCUT2D eigenvalue weighted by molar-refractivity contribution is 0.0764. The number of carbonyl (C=O) groups is 1. The van der Waals surface area contributed by atoms with Gasteiger partial charge in [-0.3, -0.25) is 4.79 Å². The minimum Gasteiger partial charge on any atom is -0.391 e. The van der Waals surface area contributed by atoms with Crippen molar-refractivity contribution in [2.75, 3.05) is 13.1 Å². The van der Waals surface area contributed by atoms with Crippen molar-refractivity contribution < 1.29 is 14.3 Å². The van der Waals surface area contributed by atoms with Gasteiger partial charge in [-0.25, -0.2) is 4.98 Å². The predicted molar refractivity (Wildman–Crippen MR) is 50.7 cm³/mol. The molecule has 1 aliphatic heterocycles. The van der Waals surface area contributed by atoms with Gasteiger partial charge in [0.1, 0.15) is 0 Å². The summed E-state index contributed by atoms with van der Waals surface area (Å²) in [5.41, 5.74) is 0.352. The number of rotatable bonds is 1. The van der Waals surface area contributed by atoms with Gasteiger partial charge in [0.2, 0.25) is 5.95 Å². The molecule has 0 bridgehead atoms. The highest BCUT2D eigenvalue weighted by molar-refractivity contribution is 5.94. The van der Waals surface area contributed by atoms with Crippen molar-refractivity contribution in [3.63, 3.8) is 0 Å². The van der Waals surface area contributed by atoms with E-state index in [4.69, 9.17) is 0 Å². The fourth-order valence-corrected chi connectivity index (χ4v) is 1.61. The van der Waals surface area contributed by atoms with Gasteiger partial charge < -0.3 is 10.0 Å². The molecule has 15 heavy (non-hydrogen) atoms. The number of likely N-dealkylation sites (tertiary alicyclic amines) is 1. The van der Waals surface area contributed by atoms with Crippen LogP contribution in [0.3, 0.4) is 0 Å². The molecule has 2 heterocycles. The van der Waals surface area contributed by atoms with E-state index >= 15 is 0 Å². The molecule has 80 valence electrons. The van der Waals surface area contributed by atoms with E-state index in [-0.39, 0.29) is 5.91 Å². The second-order valence-corrected chi connectivity index (χ2v) is 3.56. The van der Waals surface area contributed by atoms with E-state index in [2.05, 4.69) is 4.98 Å². The average molecular weight is 210 g/mol. The Balaban J connectivity index is 2.11. The number of hydrogen-bond donors (Lipinski definition) is 1. The van der Waals surface area contributed by atoms with E-state index in [0.717, 1.165) is 6.07 Å². The first kappa shape index (κ1) is 10.0. The fraction of sp³-hybridized carbons (Fsp3) is 0.400. The third kappa shape index (κ3) is 2.12. The minimum atomic E-state index is -0.604. The summed E-state index contributed by atoms with van der Waals surface area (Å²) in [6, 6.07) is 2.55. The lowest BCUT2D eigenvalue weighted by atomic mass is 10.2. The Labute approximate surface area is 86.4 Å². The summed E-state index contributed by atoms with van der Waals surface area (Å²) in [5.74, 6) is -0.813. The highest BCUT2D eigenvalue weighted by atomic mass is 19.1. The van der Waals surface area contributed by atoms with Crippen molar-refractivity contribution in [2.24, 2.45) is 0 Å². The zero-order chi connectivity index (χ0) is 10.8. The van der Waals surface area contributed by atoms with Crippen molar-refractivity contribution in [1.29, 1.82) is 0 Å². The molecular formula is C10H11FN2O2. The molecule has 2 rings (SSSR count). The van der Waals surface area contributed by atoms with Crippen LogP contribution in [-0.4, -0.2) is 40.1 Å². The smallest absolute Gasteiger partial charge is 0.255 e. The van der Waals surface area contributed by atoms with Crippen LogP contribution in [0.15, 0.2) is 18.3 Å². The Hall–Kier alpha value is -1.49. The first-order chi connectivity index (χ1) is 7.16. The molecule has 1 aromatic heterocycles. The van der Waals surface area contributed by atoms with Crippen LogP contribution in [0, 0.1) is 5.95 Å². The summed E-state index contributed by atoms with van der Waals surface area (Å²) < 4.78 is 12.5. The Morgan fingerprint density at radius 1 is 1.60 bits per heavy atom. The highest BCUT2D eigenvalue weighted by Gasteiger charge is 2.25. The van der Waals surface area contributed by atoms with Gasteiger partial charge in [-0.1, -0.05) is 0 Å². The van der Waals surface area contributed by atoms with Gasteiger partial charge in [-0.05, 0) is 18.6 Å². The zero-order valence-electron chi connectivity index (χ0n) is 8.06. The number of hydrogen-bond acceptors (Lipinski definition) is 3. The number of aromatic nitrogens is 1. The van der Waals surface area contributed by atoms with Crippen LogP contribution in [0.2, 0.25) is 0 Å². The molecule has 1 aromatic rings. The highest BCUT2D eigenvalue weighted by Crippen LogP contribution is 2.12. The van der Waals surface area contributed by atoms with E-state index < -0.39 is 12.1 Å². The molecule has 1 N–H and O–H groups in total. The van der Waals surface area contributed by atoms with Crippen LogP contribution >= 0.6 is 0 Å². The fourth-order valence-electron chi connectivity index (χ4n) is 1.61. The van der Waals surface area contributed by atoms with Gasteiger partial charge in [-0.15, -0.1) is 0 Å². The number of carbonyl (C=O) groups excluding carboxylic acids is 1. The first-order valence-electron chi connectivity index (χ1n) is 4.76. The summed E-state index contributed by atoms with van der Waals surface area (Å²) in [7, 11) is 0. The maximum absolute atomic E-state index is 12.5. The number of amides is 1. The average Bonchev–Trinajstić information content (AvgIpc) is 2.65. The number of pyridine rings is 1. The third-order valence-corrected chi connectivity index (χ3v) is 2.42. The predicted octanol–water partition coefficient (Wildman–Crippen LogP) is 0.428. The summed E-state index contributed by atoms with van der Waals surface area (Å²) in [5, 5.41) is 9.27. The molecule has 4 nitrogen and oxygen atoms in total. The minimum absolute atomic E-state index is 0.209. The Morgan fingerprint density at radius 3 is 2.93 bits per heavy atom. The van der Waals surface area contributed by atoms with Crippen LogP contribution in [0.5, 0.6) is 0 Å². The topological polar surface area (TPSA) is 53.4 Å². The normalized spacial score (nSPS) is 20.7. The largest absolute Gasteiger partial charge is 0.391 e. The summed E-state index contributed by atoms with van der Waals surface area (Å²) in [6.07, 6.45) is 1.37. The van der Waals surface area contributed by atoms with Gasteiger partial charge in [0.25, 0.3) is 5.91 Å². The molecule has 1 aliphatic rings. The molecule has 1 amide bonds. The molecule has 1 unspecified atom stereocenters. The maximum atomic E-state index is 12.5. The lowest BCUT2D eigenvalue weighted by Gasteiger charge is -2.14. The lowest BCUT2D eigenvalue weighted by Crippen LogP contribution is -2.29. The Morgan fingerprint density at radius 2 is 2.40 bits per heavy atom. The zero-order valence-corrected chi connectivity index (χ0v) is 8.06. The van der Waals surface area contributed by atoms with Gasteiger partial charge in [0.05, 0.1) is 11.7 Å². The number of halogens is 1. The molecule has 0 spiro atoms. The molecule has 1 saturated heterocycles. The molecule has 0 aromatic carbocycles. The second kappa shape index (κ2) is 3.94.